The lowest BCUT2D eigenvalue weighted by atomic mass is 9.97. The molecule has 0 saturated heterocycles. The van der Waals surface area contributed by atoms with Crippen LogP contribution >= 0.6 is 0 Å². The minimum Gasteiger partial charge on any atom is -0.477 e. The van der Waals surface area contributed by atoms with Gasteiger partial charge in [-0.3, -0.25) is 9.78 Å². The molecule has 1 saturated carbocycles. The Morgan fingerprint density at radius 3 is 2.64 bits per heavy atom. The van der Waals surface area contributed by atoms with Crippen molar-refractivity contribution in [3.8, 4) is 11.1 Å². The van der Waals surface area contributed by atoms with E-state index in [1.807, 2.05) is 30.7 Å². The highest BCUT2D eigenvalue weighted by atomic mass is 16.4. The van der Waals surface area contributed by atoms with Crippen LogP contribution in [-0.2, 0) is 0 Å². The SMILES string of the molecule is Cc1cncc(-c2ccc3c(=O)c(C(=O)O)cn(C4CC4)c3c2C)c1. The topological polar surface area (TPSA) is 72.2 Å². The summed E-state index contributed by atoms with van der Waals surface area (Å²) < 4.78 is 1.97. The molecule has 1 aliphatic carbocycles. The molecule has 0 radical (unpaired) electrons. The van der Waals surface area contributed by atoms with Gasteiger partial charge in [0.05, 0.1) is 5.52 Å². The molecule has 5 heteroatoms. The summed E-state index contributed by atoms with van der Waals surface area (Å²) in [7, 11) is 0. The van der Waals surface area contributed by atoms with Gasteiger partial charge in [-0.05, 0) is 55.5 Å². The maximum absolute atomic E-state index is 12.6. The highest BCUT2D eigenvalue weighted by Crippen LogP contribution is 2.39. The zero-order chi connectivity index (χ0) is 17.7. The van der Waals surface area contributed by atoms with Crippen LogP contribution in [0.5, 0.6) is 0 Å². The Balaban J connectivity index is 2.07. The average Bonchev–Trinajstić information content (AvgIpc) is 3.40. The third kappa shape index (κ3) is 2.52. The lowest BCUT2D eigenvalue weighted by Gasteiger charge is -2.16. The first-order valence-electron chi connectivity index (χ1n) is 8.31. The van der Waals surface area contributed by atoms with Crippen molar-refractivity contribution in [1.82, 2.24) is 9.55 Å². The summed E-state index contributed by atoms with van der Waals surface area (Å²) in [5, 5.41) is 9.83. The molecule has 1 aromatic carbocycles. The molecule has 0 aliphatic heterocycles. The smallest absolute Gasteiger partial charge is 0.341 e. The predicted molar refractivity (Wildman–Crippen MR) is 96.1 cm³/mol. The van der Waals surface area contributed by atoms with Crippen molar-refractivity contribution in [2.24, 2.45) is 0 Å². The van der Waals surface area contributed by atoms with Gasteiger partial charge in [-0.15, -0.1) is 0 Å². The second kappa shape index (κ2) is 5.55. The largest absolute Gasteiger partial charge is 0.477 e. The second-order valence-electron chi connectivity index (χ2n) is 6.70. The first kappa shape index (κ1) is 15.6. The van der Waals surface area contributed by atoms with Gasteiger partial charge in [0, 0.05) is 35.6 Å². The van der Waals surface area contributed by atoms with Crippen LogP contribution in [0.4, 0.5) is 0 Å². The second-order valence-corrected chi connectivity index (χ2v) is 6.70. The highest BCUT2D eigenvalue weighted by molar-refractivity contribution is 5.95. The van der Waals surface area contributed by atoms with E-state index < -0.39 is 11.4 Å². The van der Waals surface area contributed by atoms with Crippen LogP contribution in [0.2, 0.25) is 0 Å². The number of aryl methyl sites for hydroxylation is 2. The highest BCUT2D eigenvalue weighted by Gasteiger charge is 2.27. The molecule has 1 aliphatic rings. The average molecular weight is 334 g/mol. The maximum Gasteiger partial charge on any atom is 0.341 e. The third-order valence-electron chi connectivity index (χ3n) is 4.80. The number of rotatable bonds is 3. The van der Waals surface area contributed by atoms with Crippen LogP contribution < -0.4 is 5.43 Å². The fourth-order valence-corrected chi connectivity index (χ4v) is 3.43. The molecule has 3 aromatic rings. The Labute approximate surface area is 144 Å². The molecule has 0 spiro atoms. The van der Waals surface area contributed by atoms with E-state index in [9.17, 15) is 14.7 Å². The van der Waals surface area contributed by atoms with Crippen LogP contribution in [0.3, 0.4) is 0 Å². The summed E-state index contributed by atoms with van der Waals surface area (Å²) in [4.78, 5) is 28.3. The number of carbonyl (C=O) groups is 1. The number of hydrogen-bond donors (Lipinski definition) is 1. The molecule has 2 heterocycles. The van der Waals surface area contributed by atoms with Crippen molar-refractivity contribution in [3.63, 3.8) is 0 Å². The minimum atomic E-state index is -1.18. The lowest BCUT2D eigenvalue weighted by molar-refractivity contribution is 0.0695. The van der Waals surface area contributed by atoms with Crippen molar-refractivity contribution in [3.05, 3.63) is 63.7 Å². The van der Waals surface area contributed by atoms with E-state index in [2.05, 4.69) is 11.1 Å². The van der Waals surface area contributed by atoms with Crippen molar-refractivity contribution >= 4 is 16.9 Å². The Morgan fingerprint density at radius 1 is 1.24 bits per heavy atom. The molecule has 0 bridgehead atoms. The molecule has 5 nitrogen and oxygen atoms in total. The molecule has 4 rings (SSSR count). The normalized spacial score (nSPS) is 14.0. The van der Waals surface area contributed by atoms with Gasteiger partial charge >= 0.3 is 5.97 Å². The van der Waals surface area contributed by atoms with Crippen molar-refractivity contribution in [2.75, 3.05) is 0 Å². The van der Waals surface area contributed by atoms with Crippen molar-refractivity contribution in [1.29, 1.82) is 0 Å². The number of aromatic nitrogens is 2. The minimum absolute atomic E-state index is 0.163. The van der Waals surface area contributed by atoms with E-state index in [1.165, 1.54) is 6.20 Å². The third-order valence-corrected chi connectivity index (χ3v) is 4.80. The molecule has 0 unspecified atom stereocenters. The summed E-state index contributed by atoms with van der Waals surface area (Å²) in [6, 6.07) is 5.96. The van der Waals surface area contributed by atoms with E-state index in [0.29, 0.717) is 5.39 Å². The van der Waals surface area contributed by atoms with Crippen LogP contribution in [0.15, 0.2) is 41.6 Å². The van der Waals surface area contributed by atoms with E-state index in [-0.39, 0.29) is 11.6 Å². The molecule has 2 aromatic heterocycles. The number of benzene rings is 1. The molecule has 126 valence electrons. The van der Waals surface area contributed by atoms with Crippen LogP contribution in [0.25, 0.3) is 22.0 Å². The predicted octanol–water partition coefficient (Wildman–Crippen LogP) is 3.71. The maximum atomic E-state index is 12.6. The fourth-order valence-electron chi connectivity index (χ4n) is 3.43. The molecular weight excluding hydrogens is 316 g/mol. The quantitative estimate of drug-likeness (QED) is 0.792. The first-order valence-corrected chi connectivity index (χ1v) is 8.31. The Bertz CT molecular complexity index is 1080. The van der Waals surface area contributed by atoms with Gasteiger partial charge in [-0.2, -0.15) is 0 Å². The van der Waals surface area contributed by atoms with Crippen LogP contribution in [0.1, 0.15) is 40.4 Å². The summed E-state index contributed by atoms with van der Waals surface area (Å²) in [5.41, 5.74) is 4.30. The number of fused-ring (bicyclic) bond motifs is 1. The van der Waals surface area contributed by atoms with Gasteiger partial charge in [0.25, 0.3) is 0 Å². The van der Waals surface area contributed by atoms with Gasteiger partial charge in [-0.1, -0.05) is 6.07 Å². The summed E-state index contributed by atoms with van der Waals surface area (Å²) in [6.45, 7) is 3.98. The van der Waals surface area contributed by atoms with E-state index in [1.54, 1.807) is 12.3 Å². The monoisotopic (exact) mass is 334 g/mol. The summed E-state index contributed by atoms with van der Waals surface area (Å²) >= 11 is 0. The number of nitrogens with zero attached hydrogens (tertiary/aromatic N) is 2. The van der Waals surface area contributed by atoms with E-state index >= 15 is 0 Å². The van der Waals surface area contributed by atoms with Crippen molar-refractivity contribution < 1.29 is 9.90 Å². The number of aromatic carboxylic acids is 1. The van der Waals surface area contributed by atoms with E-state index in [0.717, 1.165) is 40.6 Å². The molecule has 25 heavy (non-hydrogen) atoms. The first-order chi connectivity index (χ1) is 12.0. The Morgan fingerprint density at radius 2 is 2.00 bits per heavy atom. The Kier molecular flexibility index (Phi) is 3.46. The number of hydrogen-bond acceptors (Lipinski definition) is 3. The summed E-state index contributed by atoms with van der Waals surface area (Å²) in [5.74, 6) is -1.18. The standard InChI is InChI=1S/C20H18N2O3/c1-11-7-13(9-21-8-11)15-5-6-16-18(12(15)2)22(14-3-4-14)10-17(19(16)23)20(24)25/h5-10,14H,3-4H2,1-2H3,(H,24,25). The Hall–Kier alpha value is -2.95. The summed E-state index contributed by atoms with van der Waals surface area (Å²) in [6.07, 6.45) is 7.14. The van der Waals surface area contributed by atoms with Gasteiger partial charge < -0.3 is 9.67 Å². The zero-order valence-electron chi connectivity index (χ0n) is 14.1. The number of carboxylic acids is 1. The fraction of sp³-hybridized carbons (Fsp3) is 0.250. The molecule has 0 atom stereocenters. The number of pyridine rings is 2. The van der Waals surface area contributed by atoms with Gasteiger partial charge in [-0.25, -0.2) is 4.79 Å². The van der Waals surface area contributed by atoms with Gasteiger partial charge in [0.15, 0.2) is 0 Å². The van der Waals surface area contributed by atoms with Gasteiger partial charge in [0.1, 0.15) is 5.56 Å². The van der Waals surface area contributed by atoms with Crippen LogP contribution in [-0.4, -0.2) is 20.6 Å². The lowest BCUT2D eigenvalue weighted by Crippen LogP contribution is -2.19. The van der Waals surface area contributed by atoms with Gasteiger partial charge in [0.2, 0.25) is 5.43 Å². The molecule has 0 amide bonds. The number of carboxylic acid groups (broad SMARTS) is 1. The van der Waals surface area contributed by atoms with Crippen LogP contribution in [0, 0.1) is 13.8 Å². The van der Waals surface area contributed by atoms with Crippen molar-refractivity contribution in [2.45, 2.75) is 32.7 Å². The molecule has 1 N–H and O–H groups in total. The molecular formula is C20H18N2O3. The van der Waals surface area contributed by atoms with E-state index in [4.69, 9.17) is 0 Å². The molecule has 1 fully saturated rings. The zero-order valence-corrected chi connectivity index (χ0v) is 14.1.